The third kappa shape index (κ3) is 9.49. The molecule has 90 valence electrons. The van der Waals surface area contributed by atoms with Crippen LogP contribution in [-0.2, 0) is 14.5 Å². The molecule has 0 aliphatic rings. The first-order valence-electron chi connectivity index (χ1n) is 5.14. The van der Waals surface area contributed by atoms with Crippen LogP contribution < -0.4 is 0 Å². The molecule has 0 radical (unpaired) electrons. The highest BCUT2D eigenvalue weighted by Crippen LogP contribution is 2.17. The summed E-state index contributed by atoms with van der Waals surface area (Å²) in [6, 6.07) is 0. The summed E-state index contributed by atoms with van der Waals surface area (Å²) in [6.45, 7) is 6.07. The monoisotopic (exact) mass is 220 g/mol. The largest absolute Gasteiger partial charge is 0.505 e. The maximum absolute atomic E-state index is 9.98. The van der Waals surface area contributed by atoms with Gasteiger partial charge in [-0.3, -0.25) is 0 Å². The van der Waals surface area contributed by atoms with Gasteiger partial charge in [-0.15, -0.1) is 0 Å². The molecule has 15 heavy (non-hydrogen) atoms. The first-order valence-corrected chi connectivity index (χ1v) is 5.14. The van der Waals surface area contributed by atoms with E-state index in [-0.39, 0.29) is 18.8 Å². The molecule has 0 aliphatic heterocycles. The molecular formula is C10H20O5. The Morgan fingerprint density at radius 1 is 1.33 bits per heavy atom. The van der Waals surface area contributed by atoms with Crippen LogP contribution in [-0.4, -0.2) is 30.1 Å². The summed E-state index contributed by atoms with van der Waals surface area (Å²) >= 11 is 0. The number of carboxylic acid groups (broad SMARTS) is 1. The molecule has 0 rings (SSSR count). The molecule has 0 saturated carbocycles. The molecule has 5 heteroatoms. The predicted octanol–water partition coefficient (Wildman–Crippen LogP) is 2.60. The van der Waals surface area contributed by atoms with Crippen molar-refractivity contribution in [3.05, 3.63) is 0 Å². The van der Waals surface area contributed by atoms with Crippen molar-refractivity contribution in [1.82, 2.24) is 0 Å². The van der Waals surface area contributed by atoms with E-state index in [1.54, 1.807) is 0 Å². The third-order valence-electron chi connectivity index (χ3n) is 1.81. The molecule has 0 unspecified atom stereocenters. The van der Waals surface area contributed by atoms with Crippen LogP contribution in [0.3, 0.4) is 0 Å². The molecule has 0 bridgehead atoms. The molecule has 0 heterocycles. The lowest BCUT2D eigenvalue weighted by Gasteiger charge is -2.23. The van der Waals surface area contributed by atoms with E-state index in [9.17, 15) is 4.79 Å². The Balaban J connectivity index is 3.43. The first-order chi connectivity index (χ1) is 6.98. The van der Waals surface area contributed by atoms with Crippen molar-refractivity contribution < 1.29 is 24.4 Å². The first kappa shape index (κ1) is 14.2. The average Bonchev–Trinajstić information content (AvgIpc) is 2.14. The van der Waals surface area contributed by atoms with E-state index in [2.05, 4.69) is 11.7 Å². The van der Waals surface area contributed by atoms with Gasteiger partial charge in [-0.05, 0) is 20.3 Å². The molecule has 0 fully saturated rings. The van der Waals surface area contributed by atoms with E-state index in [1.807, 2.05) is 13.8 Å². The van der Waals surface area contributed by atoms with Gasteiger partial charge in [0.05, 0.1) is 5.60 Å². The van der Waals surface area contributed by atoms with Crippen LogP contribution >= 0.6 is 0 Å². The maximum Gasteiger partial charge on any atom is 0.505 e. The van der Waals surface area contributed by atoms with Crippen LogP contribution in [0.25, 0.3) is 0 Å². The summed E-state index contributed by atoms with van der Waals surface area (Å²) < 4.78 is 4.25. The lowest BCUT2D eigenvalue weighted by Crippen LogP contribution is -2.25. The van der Waals surface area contributed by atoms with E-state index in [0.717, 1.165) is 19.3 Å². The number of ether oxygens (including phenoxy) is 1. The second-order valence-electron chi connectivity index (χ2n) is 3.88. The Labute approximate surface area is 90.2 Å². The average molecular weight is 220 g/mol. The van der Waals surface area contributed by atoms with Gasteiger partial charge in [0.15, 0.2) is 0 Å². The number of unbranched alkanes of at least 4 members (excludes halogenated alkanes) is 1. The standard InChI is InChI=1S/C10H20O5/c1-4-5-6-10(2,3)15-14-8-7-13-9(11)12/h4-8H2,1-3H3,(H,11,12). The van der Waals surface area contributed by atoms with Gasteiger partial charge in [0, 0.05) is 0 Å². The van der Waals surface area contributed by atoms with Crippen LogP contribution in [0.2, 0.25) is 0 Å². The van der Waals surface area contributed by atoms with E-state index in [0.29, 0.717) is 0 Å². The van der Waals surface area contributed by atoms with E-state index >= 15 is 0 Å². The minimum Gasteiger partial charge on any atom is -0.450 e. The number of hydrogen-bond donors (Lipinski definition) is 1. The Morgan fingerprint density at radius 2 is 2.00 bits per heavy atom. The molecule has 0 aromatic carbocycles. The zero-order valence-corrected chi connectivity index (χ0v) is 9.62. The van der Waals surface area contributed by atoms with Gasteiger partial charge in [-0.25, -0.2) is 14.6 Å². The number of hydrogen-bond acceptors (Lipinski definition) is 4. The quantitative estimate of drug-likeness (QED) is 0.295. The van der Waals surface area contributed by atoms with E-state index in [1.165, 1.54) is 0 Å². The summed E-state index contributed by atoms with van der Waals surface area (Å²) in [5.41, 5.74) is -0.334. The normalized spacial score (nSPS) is 11.4. The molecule has 1 N–H and O–H groups in total. The maximum atomic E-state index is 9.98. The topological polar surface area (TPSA) is 65.0 Å². The molecule has 0 amide bonds. The minimum absolute atomic E-state index is 0.0147. The molecule has 0 saturated heterocycles. The second-order valence-corrected chi connectivity index (χ2v) is 3.88. The summed E-state index contributed by atoms with van der Waals surface area (Å²) in [4.78, 5) is 20.0. The summed E-state index contributed by atoms with van der Waals surface area (Å²) in [5, 5.41) is 8.17. The van der Waals surface area contributed by atoms with Crippen molar-refractivity contribution in [2.24, 2.45) is 0 Å². The van der Waals surface area contributed by atoms with Crippen LogP contribution in [0.1, 0.15) is 40.0 Å². The lowest BCUT2D eigenvalue weighted by atomic mass is 10.0. The summed E-state index contributed by atoms with van der Waals surface area (Å²) in [5.74, 6) is 0. The zero-order valence-electron chi connectivity index (χ0n) is 9.62. The van der Waals surface area contributed by atoms with Crippen molar-refractivity contribution in [1.29, 1.82) is 0 Å². The fourth-order valence-electron chi connectivity index (χ4n) is 1.01. The Hall–Kier alpha value is -0.810. The minimum atomic E-state index is -1.30. The fraction of sp³-hybridized carbons (Fsp3) is 0.900. The summed E-state index contributed by atoms with van der Waals surface area (Å²) in [7, 11) is 0. The zero-order chi connectivity index (χ0) is 11.7. The van der Waals surface area contributed by atoms with Crippen LogP contribution in [0, 0.1) is 0 Å². The molecule has 0 aliphatic carbocycles. The number of rotatable bonds is 8. The van der Waals surface area contributed by atoms with Gasteiger partial charge >= 0.3 is 6.16 Å². The van der Waals surface area contributed by atoms with Crippen molar-refractivity contribution in [2.75, 3.05) is 13.2 Å². The van der Waals surface area contributed by atoms with Gasteiger partial charge in [0.2, 0.25) is 0 Å². The van der Waals surface area contributed by atoms with Crippen LogP contribution in [0.4, 0.5) is 4.79 Å². The van der Waals surface area contributed by atoms with Crippen LogP contribution in [0.5, 0.6) is 0 Å². The smallest absolute Gasteiger partial charge is 0.450 e. The van der Waals surface area contributed by atoms with Crippen molar-refractivity contribution in [3.63, 3.8) is 0 Å². The Morgan fingerprint density at radius 3 is 2.53 bits per heavy atom. The van der Waals surface area contributed by atoms with E-state index < -0.39 is 6.16 Å². The Bertz CT molecular complexity index is 179. The Kier molecular flexibility index (Phi) is 7.07. The highest BCUT2D eigenvalue weighted by atomic mass is 17.2. The van der Waals surface area contributed by atoms with Gasteiger partial charge in [0.1, 0.15) is 13.2 Å². The van der Waals surface area contributed by atoms with Gasteiger partial charge in [0.25, 0.3) is 0 Å². The molecule has 0 aromatic heterocycles. The molecule has 0 aromatic rings. The van der Waals surface area contributed by atoms with Crippen molar-refractivity contribution in [2.45, 2.75) is 45.6 Å². The second kappa shape index (κ2) is 7.48. The highest BCUT2D eigenvalue weighted by molar-refractivity contribution is 5.56. The molecular weight excluding hydrogens is 200 g/mol. The summed E-state index contributed by atoms with van der Waals surface area (Å²) in [6.07, 6.45) is 1.78. The predicted molar refractivity (Wildman–Crippen MR) is 54.6 cm³/mol. The number of carbonyl (C=O) groups is 1. The van der Waals surface area contributed by atoms with Gasteiger partial charge < -0.3 is 9.84 Å². The molecule has 5 nitrogen and oxygen atoms in total. The third-order valence-corrected chi connectivity index (χ3v) is 1.81. The lowest BCUT2D eigenvalue weighted by molar-refractivity contribution is -0.356. The van der Waals surface area contributed by atoms with Gasteiger partial charge in [-0.1, -0.05) is 19.8 Å². The van der Waals surface area contributed by atoms with Crippen LogP contribution in [0.15, 0.2) is 0 Å². The van der Waals surface area contributed by atoms with Crippen molar-refractivity contribution in [3.8, 4) is 0 Å². The molecule has 0 atom stereocenters. The fourth-order valence-corrected chi connectivity index (χ4v) is 1.01. The SMILES string of the molecule is CCCCC(C)(C)OOCCOC(=O)O. The van der Waals surface area contributed by atoms with Crippen molar-refractivity contribution >= 4 is 6.16 Å². The highest BCUT2D eigenvalue weighted by Gasteiger charge is 2.18. The van der Waals surface area contributed by atoms with E-state index in [4.69, 9.17) is 14.9 Å². The van der Waals surface area contributed by atoms with Gasteiger partial charge in [-0.2, -0.15) is 0 Å². The molecule has 0 spiro atoms.